The van der Waals surface area contributed by atoms with Crippen LogP contribution in [0.3, 0.4) is 0 Å². The van der Waals surface area contributed by atoms with Crippen molar-refractivity contribution >= 4 is 15.7 Å². The molecule has 11 heteroatoms. The maximum Gasteiger partial charge on any atom is 0.409 e. The molecule has 144 valence electrons. The summed E-state index contributed by atoms with van der Waals surface area (Å²) in [4.78, 5) is -0.346. The van der Waals surface area contributed by atoms with Crippen LogP contribution in [-0.2, 0) is 10.0 Å². The first-order chi connectivity index (χ1) is 12.6. The molecule has 0 spiro atoms. The summed E-state index contributed by atoms with van der Waals surface area (Å²) >= 11 is 0. The molecule has 27 heavy (non-hydrogen) atoms. The summed E-state index contributed by atoms with van der Waals surface area (Å²) in [6.45, 7) is 0.858. The minimum Gasteiger partial charge on any atom is -0.289 e. The van der Waals surface area contributed by atoms with Gasteiger partial charge in [0.25, 0.3) is 0 Å². The van der Waals surface area contributed by atoms with Crippen molar-refractivity contribution in [2.24, 2.45) is 0 Å². The Morgan fingerprint density at radius 2 is 1.85 bits per heavy atom. The van der Waals surface area contributed by atoms with Gasteiger partial charge in [0.05, 0.1) is 4.90 Å². The van der Waals surface area contributed by atoms with E-state index >= 15 is 0 Å². The second kappa shape index (κ2) is 6.89. The third-order valence-electron chi connectivity index (χ3n) is 3.97. The lowest BCUT2D eigenvalue weighted by atomic mass is 10.1. The van der Waals surface area contributed by atoms with Gasteiger partial charge in [-0.25, -0.2) is 12.8 Å². The van der Waals surface area contributed by atoms with Crippen LogP contribution in [0.4, 0.5) is 17.6 Å². The van der Waals surface area contributed by atoms with Gasteiger partial charge < -0.3 is 0 Å². The van der Waals surface area contributed by atoms with Gasteiger partial charge in [-0.2, -0.15) is 17.5 Å². The lowest BCUT2D eigenvalue weighted by Crippen LogP contribution is -2.42. The van der Waals surface area contributed by atoms with Gasteiger partial charge in [0.15, 0.2) is 5.65 Å². The minimum absolute atomic E-state index is 0.178. The van der Waals surface area contributed by atoms with Crippen LogP contribution in [0.15, 0.2) is 53.8 Å². The molecule has 3 rings (SSSR count). The molecule has 2 aromatic heterocycles. The van der Waals surface area contributed by atoms with Gasteiger partial charge in [0.1, 0.15) is 18.2 Å². The SMILES string of the molecule is CCN([C@H](c1ccc(F)cc1)C(F)(F)F)S(=O)(=O)c1ccn2cnnc2c1. The zero-order valence-corrected chi connectivity index (χ0v) is 14.7. The normalized spacial score (nSPS) is 14.0. The van der Waals surface area contributed by atoms with Crippen molar-refractivity contribution in [1.29, 1.82) is 0 Å². The van der Waals surface area contributed by atoms with Crippen LogP contribution in [0.1, 0.15) is 18.5 Å². The molecule has 0 amide bonds. The maximum atomic E-state index is 13.8. The van der Waals surface area contributed by atoms with Crippen LogP contribution in [0.2, 0.25) is 0 Å². The second-order valence-electron chi connectivity index (χ2n) is 5.66. The van der Waals surface area contributed by atoms with Crippen molar-refractivity contribution in [3.63, 3.8) is 0 Å². The summed E-state index contributed by atoms with van der Waals surface area (Å²) in [5, 5.41) is 7.31. The van der Waals surface area contributed by atoms with Crippen molar-refractivity contribution in [2.75, 3.05) is 6.54 Å². The molecule has 0 N–H and O–H groups in total. The predicted octanol–water partition coefficient (Wildman–Crippen LogP) is 3.18. The molecule has 0 bridgehead atoms. The smallest absolute Gasteiger partial charge is 0.289 e. The van der Waals surface area contributed by atoms with Gasteiger partial charge in [-0.3, -0.25) is 4.40 Å². The molecule has 0 saturated heterocycles. The molecule has 0 fully saturated rings. The van der Waals surface area contributed by atoms with E-state index in [2.05, 4.69) is 10.2 Å². The predicted molar refractivity (Wildman–Crippen MR) is 87.7 cm³/mol. The fourth-order valence-electron chi connectivity index (χ4n) is 2.75. The van der Waals surface area contributed by atoms with Crippen LogP contribution in [-0.4, -0.2) is 40.0 Å². The number of hydrogen-bond donors (Lipinski definition) is 0. The van der Waals surface area contributed by atoms with Crippen molar-refractivity contribution in [3.05, 3.63) is 60.3 Å². The highest BCUT2D eigenvalue weighted by atomic mass is 32.2. The maximum absolute atomic E-state index is 13.8. The third-order valence-corrected chi connectivity index (χ3v) is 5.91. The van der Waals surface area contributed by atoms with Gasteiger partial charge in [-0.15, -0.1) is 10.2 Å². The molecule has 3 aromatic rings. The van der Waals surface area contributed by atoms with Gasteiger partial charge in [0, 0.05) is 18.8 Å². The Hall–Kier alpha value is -2.53. The molecule has 0 aliphatic carbocycles. The Kier molecular flexibility index (Phi) is 4.91. The summed E-state index contributed by atoms with van der Waals surface area (Å²) in [5.74, 6) is -0.720. The van der Waals surface area contributed by atoms with E-state index in [4.69, 9.17) is 0 Å². The summed E-state index contributed by atoms with van der Waals surface area (Å²) in [5.41, 5.74) is -0.199. The summed E-state index contributed by atoms with van der Waals surface area (Å²) < 4.78 is 82.1. The largest absolute Gasteiger partial charge is 0.409 e. The average Bonchev–Trinajstić information content (AvgIpc) is 3.07. The average molecular weight is 402 g/mol. The molecular formula is C16H14F4N4O2S. The summed E-state index contributed by atoms with van der Waals surface area (Å²) in [6, 6.07) is 3.42. The number of alkyl halides is 3. The van der Waals surface area contributed by atoms with Gasteiger partial charge in [-0.05, 0) is 23.8 Å². The summed E-state index contributed by atoms with van der Waals surface area (Å²) in [7, 11) is -4.52. The highest BCUT2D eigenvalue weighted by Crippen LogP contribution is 2.40. The van der Waals surface area contributed by atoms with E-state index in [9.17, 15) is 26.0 Å². The Balaban J connectivity index is 2.11. The Labute approximate surface area is 152 Å². The quantitative estimate of drug-likeness (QED) is 0.615. The monoisotopic (exact) mass is 402 g/mol. The zero-order valence-electron chi connectivity index (χ0n) is 13.9. The van der Waals surface area contributed by atoms with Crippen molar-refractivity contribution in [2.45, 2.75) is 24.0 Å². The molecule has 2 heterocycles. The number of sulfonamides is 1. The molecule has 0 unspecified atom stereocenters. The van der Waals surface area contributed by atoms with Crippen LogP contribution in [0.5, 0.6) is 0 Å². The van der Waals surface area contributed by atoms with Crippen LogP contribution < -0.4 is 0 Å². The first-order valence-electron chi connectivity index (χ1n) is 7.78. The topological polar surface area (TPSA) is 67.6 Å². The number of hydrogen-bond acceptors (Lipinski definition) is 4. The molecule has 1 aromatic carbocycles. The number of aromatic nitrogens is 3. The highest BCUT2D eigenvalue weighted by molar-refractivity contribution is 7.89. The first-order valence-corrected chi connectivity index (χ1v) is 9.22. The number of fused-ring (bicyclic) bond motifs is 1. The second-order valence-corrected chi connectivity index (χ2v) is 7.55. The zero-order chi connectivity index (χ0) is 19.8. The Bertz CT molecular complexity index is 1050. The van der Waals surface area contributed by atoms with Gasteiger partial charge in [-0.1, -0.05) is 19.1 Å². The highest BCUT2D eigenvalue weighted by Gasteiger charge is 2.48. The molecule has 0 aliphatic heterocycles. The Morgan fingerprint density at radius 1 is 1.19 bits per heavy atom. The molecule has 0 aliphatic rings. The van der Waals surface area contributed by atoms with Gasteiger partial charge >= 0.3 is 6.18 Å². The van der Waals surface area contributed by atoms with E-state index in [1.54, 1.807) is 0 Å². The fourth-order valence-corrected chi connectivity index (χ4v) is 4.37. The molecule has 0 radical (unpaired) electrons. The molecule has 0 saturated carbocycles. The molecular weight excluding hydrogens is 388 g/mol. The molecule has 6 nitrogen and oxygen atoms in total. The van der Waals surface area contributed by atoms with E-state index in [-0.39, 0.29) is 16.1 Å². The number of nitrogens with zero attached hydrogens (tertiary/aromatic N) is 4. The van der Waals surface area contributed by atoms with Crippen LogP contribution >= 0.6 is 0 Å². The van der Waals surface area contributed by atoms with Crippen molar-refractivity contribution in [3.8, 4) is 0 Å². The lowest BCUT2D eigenvalue weighted by Gasteiger charge is -2.31. The number of rotatable bonds is 5. The van der Waals surface area contributed by atoms with Gasteiger partial charge in [0.2, 0.25) is 10.0 Å². The minimum atomic E-state index is -4.90. The van der Waals surface area contributed by atoms with E-state index in [0.717, 1.165) is 30.3 Å². The van der Waals surface area contributed by atoms with Crippen molar-refractivity contribution in [1.82, 2.24) is 18.9 Å². The fraction of sp³-hybridized carbons (Fsp3) is 0.250. The van der Waals surface area contributed by atoms with Crippen LogP contribution in [0, 0.1) is 5.82 Å². The van der Waals surface area contributed by atoms with E-state index in [1.807, 2.05) is 0 Å². The van der Waals surface area contributed by atoms with Crippen molar-refractivity contribution < 1.29 is 26.0 Å². The number of benzene rings is 1. The molecule has 1 atom stereocenters. The Morgan fingerprint density at radius 3 is 2.44 bits per heavy atom. The standard InChI is InChI=1S/C16H14F4N4O2S/c1-2-24(15(16(18,19)20)11-3-5-12(17)6-4-11)27(25,26)13-7-8-23-10-21-22-14(23)9-13/h3-10,15H,2H2,1H3/t15-/m1/s1. The van der Waals surface area contributed by atoms with E-state index in [1.165, 1.54) is 29.9 Å². The lowest BCUT2D eigenvalue weighted by molar-refractivity contribution is -0.173. The first kappa shape index (κ1) is 19.2. The van der Waals surface area contributed by atoms with E-state index < -0.39 is 34.6 Å². The summed E-state index contributed by atoms with van der Waals surface area (Å²) in [6.07, 6.45) is -2.23. The van der Waals surface area contributed by atoms with Crippen LogP contribution in [0.25, 0.3) is 5.65 Å². The third kappa shape index (κ3) is 3.65. The number of pyridine rings is 1. The number of halogens is 4. The van der Waals surface area contributed by atoms with E-state index in [0.29, 0.717) is 4.31 Å².